The Hall–Kier alpha value is -4.25. The standard InChI is InChI=1S/C22H19N3O5/c1-29-17-8-16(9-18(10-17)30-2)24-22(28)14(11-23)7-15-12-25(13-21(26)27)20-6-4-3-5-19(15)20/h3-10,12H,13H2,1-2H3,(H,24,28)(H,26,27)/b14-7+. The number of rotatable bonds is 7. The fourth-order valence-corrected chi connectivity index (χ4v) is 3.05. The third-order valence-corrected chi connectivity index (χ3v) is 4.40. The summed E-state index contributed by atoms with van der Waals surface area (Å²) < 4.78 is 11.9. The number of aliphatic carboxylic acids is 1. The summed E-state index contributed by atoms with van der Waals surface area (Å²) in [7, 11) is 2.99. The lowest BCUT2D eigenvalue weighted by Gasteiger charge is -2.09. The van der Waals surface area contributed by atoms with E-state index in [2.05, 4.69) is 5.32 Å². The number of ether oxygens (including phenoxy) is 2. The molecule has 2 N–H and O–H groups in total. The van der Waals surface area contributed by atoms with Crippen LogP contribution in [0.15, 0.2) is 54.2 Å². The minimum atomic E-state index is -0.989. The van der Waals surface area contributed by atoms with Crippen LogP contribution in [-0.4, -0.2) is 35.8 Å². The number of nitrogens with one attached hydrogen (secondary N) is 1. The van der Waals surface area contributed by atoms with Crippen molar-refractivity contribution in [2.24, 2.45) is 0 Å². The van der Waals surface area contributed by atoms with Gasteiger partial charge in [-0.1, -0.05) is 18.2 Å². The van der Waals surface area contributed by atoms with Gasteiger partial charge in [0, 0.05) is 46.5 Å². The number of carboxylic acids is 1. The molecule has 1 heterocycles. The van der Waals surface area contributed by atoms with Crippen molar-refractivity contribution in [2.75, 3.05) is 19.5 Å². The van der Waals surface area contributed by atoms with Gasteiger partial charge in [0.1, 0.15) is 29.7 Å². The number of nitrogens with zero attached hydrogens (tertiary/aromatic N) is 2. The molecule has 3 aromatic rings. The molecule has 0 saturated heterocycles. The Morgan fingerprint density at radius 3 is 2.43 bits per heavy atom. The first-order valence-corrected chi connectivity index (χ1v) is 8.91. The second kappa shape index (κ2) is 8.84. The van der Waals surface area contributed by atoms with E-state index in [1.807, 2.05) is 6.07 Å². The molecule has 30 heavy (non-hydrogen) atoms. The molecule has 0 unspecified atom stereocenters. The number of hydrogen-bond donors (Lipinski definition) is 2. The molecule has 0 atom stereocenters. The van der Waals surface area contributed by atoms with Gasteiger partial charge in [0.2, 0.25) is 0 Å². The number of para-hydroxylation sites is 1. The van der Waals surface area contributed by atoms with E-state index in [1.54, 1.807) is 53.2 Å². The third kappa shape index (κ3) is 4.42. The Labute approximate surface area is 172 Å². The van der Waals surface area contributed by atoms with Crippen LogP contribution in [0.5, 0.6) is 11.5 Å². The Kier molecular flexibility index (Phi) is 6.03. The van der Waals surface area contributed by atoms with Crippen molar-refractivity contribution < 1.29 is 24.2 Å². The summed E-state index contributed by atoms with van der Waals surface area (Å²) in [4.78, 5) is 23.8. The highest BCUT2D eigenvalue weighted by Crippen LogP contribution is 2.27. The summed E-state index contributed by atoms with van der Waals surface area (Å²) >= 11 is 0. The van der Waals surface area contributed by atoms with E-state index < -0.39 is 11.9 Å². The number of hydrogen-bond acceptors (Lipinski definition) is 5. The first kappa shape index (κ1) is 20.5. The van der Waals surface area contributed by atoms with Crippen LogP contribution in [0, 0.1) is 11.3 Å². The minimum Gasteiger partial charge on any atom is -0.497 e. The normalized spacial score (nSPS) is 11.0. The summed E-state index contributed by atoms with van der Waals surface area (Å²) in [5.74, 6) is -0.618. The third-order valence-electron chi connectivity index (χ3n) is 4.40. The summed E-state index contributed by atoms with van der Waals surface area (Å²) in [6, 6.07) is 14.0. The Morgan fingerprint density at radius 1 is 1.17 bits per heavy atom. The van der Waals surface area contributed by atoms with Gasteiger partial charge in [-0.2, -0.15) is 5.26 Å². The van der Waals surface area contributed by atoms with Gasteiger partial charge < -0.3 is 24.5 Å². The minimum absolute atomic E-state index is 0.130. The summed E-state index contributed by atoms with van der Waals surface area (Å²) in [6.45, 7) is -0.230. The summed E-state index contributed by atoms with van der Waals surface area (Å²) in [5.41, 5.74) is 1.55. The topological polar surface area (TPSA) is 114 Å². The number of nitriles is 1. The smallest absolute Gasteiger partial charge is 0.323 e. The number of aromatic nitrogens is 1. The average molecular weight is 405 g/mol. The van der Waals surface area contributed by atoms with Gasteiger partial charge >= 0.3 is 5.97 Å². The molecule has 0 aliphatic carbocycles. The highest BCUT2D eigenvalue weighted by molar-refractivity contribution is 6.11. The van der Waals surface area contributed by atoms with Crippen molar-refractivity contribution in [1.82, 2.24) is 4.57 Å². The van der Waals surface area contributed by atoms with Crippen molar-refractivity contribution >= 4 is 34.5 Å². The molecule has 152 valence electrons. The van der Waals surface area contributed by atoms with Gasteiger partial charge in [0.05, 0.1) is 14.2 Å². The van der Waals surface area contributed by atoms with Crippen molar-refractivity contribution in [3.63, 3.8) is 0 Å². The molecule has 0 bridgehead atoms. The van der Waals surface area contributed by atoms with E-state index in [0.717, 1.165) is 5.39 Å². The second-order valence-electron chi connectivity index (χ2n) is 6.35. The fourth-order valence-electron chi connectivity index (χ4n) is 3.05. The first-order valence-electron chi connectivity index (χ1n) is 8.91. The zero-order chi connectivity index (χ0) is 21.7. The number of anilines is 1. The molecule has 8 heteroatoms. The van der Waals surface area contributed by atoms with E-state index in [1.165, 1.54) is 20.3 Å². The van der Waals surface area contributed by atoms with Crippen LogP contribution in [0.3, 0.4) is 0 Å². The molecule has 3 rings (SSSR count). The highest BCUT2D eigenvalue weighted by atomic mass is 16.5. The van der Waals surface area contributed by atoms with Crippen LogP contribution in [0.25, 0.3) is 17.0 Å². The maximum Gasteiger partial charge on any atom is 0.323 e. The number of carboxylic acid groups (broad SMARTS) is 1. The van der Waals surface area contributed by atoms with E-state index in [-0.39, 0.29) is 12.1 Å². The van der Waals surface area contributed by atoms with E-state index >= 15 is 0 Å². The average Bonchev–Trinajstić information content (AvgIpc) is 3.08. The van der Waals surface area contributed by atoms with Gasteiger partial charge in [-0.15, -0.1) is 0 Å². The van der Waals surface area contributed by atoms with Crippen LogP contribution < -0.4 is 14.8 Å². The van der Waals surface area contributed by atoms with Gasteiger partial charge in [-0.05, 0) is 12.1 Å². The monoisotopic (exact) mass is 405 g/mol. The molecule has 0 saturated carbocycles. The second-order valence-corrected chi connectivity index (χ2v) is 6.35. The quantitative estimate of drug-likeness (QED) is 0.461. The molecule has 2 aromatic carbocycles. The fraction of sp³-hybridized carbons (Fsp3) is 0.136. The largest absolute Gasteiger partial charge is 0.497 e. The number of carbonyl (C=O) groups excluding carboxylic acids is 1. The predicted octanol–water partition coefficient (Wildman–Crippen LogP) is 3.29. The molecule has 0 spiro atoms. The maximum atomic E-state index is 12.7. The van der Waals surface area contributed by atoms with E-state index in [9.17, 15) is 14.9 Å². The summed E-state index contributed by atoms with van der Waals surface area (Å²) in [5, 5.41) is 22.1. The van der Waals surface area contributed by atoms with Crippen molar-refractivity contribution in [1.29, 1.82) is 5.26 Å². The van der Waals surface area contributed by atoms with Gasteiger partial charge in [-0.25, -0.2) is 0 Å². The van der Waals surface area contributed by atoms with E-state index in [0.29, 0.717) is 28.3 Å². The number of benzene rings is 2. The number of amides is 1. The molecule has 1 aromatic heterocycles. The summed E-state index contributed by atoms with van der Waals surface area (Å²) in [6.07, 6.45) is 3.05. The lowest BCUT2D eigenvalue weighted by atomic mass is 10.1. The van der Waals surface area contributed by atoms with Crippen LogP contribution in [0.1, 0.15) is 5.56 Å². The zero-order valence-electron chi connectivity index (χ0n) is 16.4. The molecule has 1 amide bonds. The van der Waals surface area contributed by atoms with Crippen molar-refractivity contribution in [3.8, 4) is 17.6 Å². The zero-order valence-corrected chi connectivity index (χ0v) is 16.4. The molecule has 0 aliphatic rings. The van der Waals surface area contributed by atoms with Gasteiger partial charge in [0.25, 0.3) is 5.91 Å². The van der Waals surface area contributed by atoms with Crippen LogP contribution in [0.2, 0.25) is 0 Å². The lowest BCUT2D eigenvalue weighted by molar-refractivity contribution is -0.137. The molecule has 0 aliphatic heterocycles. The van der Waals surface area contributed by atoms with E-state index in [4.69, 9.17) is 14.6 Å². The predicted molar refractivity (Wildman–Crippen MR) is 111 cm³/mol. The number of methoxy groups -OCH3 is 2. The molecule has 8 nitrogen and oxygen atoms in total. The first-order chi connectivity index (χ1) is 14.4. The van der Waals surface area contributed by atoms with Gasteiger partial charge in [0.15, 0.2) is 0 Å². The maximum absolute atomic E-state index is 12.7. The number of fused-ring (bicyclic) bond motifs is 1. The molecular weight excluding hydrogens is 386 g/mol. The Morgan fingerprint density at radius 2 is 1.83 bits per heavy atom. The molecule has 0 fully saturated rings. The SMILES string of the molecule is COc1cc(NC(=O)/C(C#N)=C/c2cn(CC(=O)O)c3ccccc23)cc(OC)c1. The molecule has 0 radical (unpaired) electrons. The van der Waals surface area contributed by atoms with Crippen molar-refractivity contribution in [2.45, 2.75) is 6.54 Å². The Bertz CT molecular complexity index is 1160. The van der Waals surface area contributed by atoms with Gasteiger partial charge in [-0.3, -0.25) is 9.59 Å². The van der Waals surface area contributed by atoms with Crippen LogP contribution >= 0.6 is 0 Å². The van der Waals surface area contributed by atoms with Crippen LogP contribution in [0.4, 0.5) is 5.69 Å². The molecular formula is C22H19N3O5. The lowest BCUT2D eigenvalue weighted by Crippen LogP contribution is -2.13. The highest BCUT2D eigenvalue weighted by Gasteiger charge is 2.14. The number of carbonyl (C=O) groups is 2. The van der Waals surface area contributed by atoms with Crippen molar-refractivity contribution in [3.05, 3.63) is 59.8 Å². The van der Waals surface area contributed by atoms with Crippen LogP contribution in [-0.2, 0) is 16.1 Å². The Balaban J connectivity index is 1.96.